The van der Waals surface area contributed by atoms with Crippen molar-refractivity contribution in [2.45, 2.75) is 11.6 Å². The quantitative estimate of drug-likeness (QED) is 0.830. The van der Waals surface area contributed by atoms with E-state index in [0.717, 1.165) is 17.7 Å². The molecule has 2 atom stereocenters. The van der Waals surface area contributed by atoms with E-state index in [0.29, 0.717) is 0 Å². The SMILES string of the molecule is CN1C[C@@H]1C(O)(c1ccccc1)c1ccccc1. The van der Waals surface area contributed by atoms with Gasteiger partial charge in [0, 0.05) is 6.54 Å². The third-order valence-electron chi connectivity index (χ3n) is 3.77. The average Bonchev–Trinajstić information content (AvgIpc) is 3.17. The molecule has 2 aromatic rings. The van der Waals surface area contributed by atoms with Crippen LogP contribution in [0.25, 0.3) is 0 Å². The van der Waals surface area contributed by atoms with Crippen molar-refractivity contribution >= 4 is 0 Å². The zero-order valence-electron chi connectivity index (χ0n) is 10.5. The maximum atomic E-state index is 11.2. The van der Waals surface area contributed by atoms with Crippen molar-refractivity contribution in [3.8, 4) is 0 Å². The second kappa shape index (κ2) is 4.23. The molecule has 0 spiro atoms. The maximum Gasteiger partial charge on any atom is 0.131 e. The first kappa shape index (κ1) is 11.5. The molecular weight excluding hydrogens is 222 g/mol. The highest BCUT2D eigenvalue weighted by atomic mass is 16.3. The number of hydrogen-bond acceptors (Lipinski definition) is 2. The molecule has 0 aromatic heterocycles. The summed E-state index contributed by atoms with van der Waals surface area (Å²) in [5.41, 5.74) is 1.02. The molecule has 18 heavy (non-hydrogen) atoms. The summed E-state index contributed by atoms with van der Waals surface area (Å²) in [7, 11) is 2.04. The van der Waals surface area contributed by atoms with Crippen LogP contribution in [0.15, 0.2) is 60.7 Å². The van der Waals surface area contributed by atoms with E-state index in [1.165, 1.54) is 0 Å². The molecule has 0 amide bonds. The Morgan fingerprint density at radius 3 is 1.67 bits per heavy atom. The van der Waals surface area contributed by atoms with Crippen molar-refractivity contribution < 1.29 is 5.11 Å². The first-order valence-corrected chi connectivity index (χ1v) is 6.26. The van der Waals surface area contributed by atoms with E-state index in [1.807, 2.05) is 67.7 Å². The van der Waals surface area contributed by atoms with Gasteiger partial charge in [0.15, 0.2) is 0 Å². The molecule has 2 nitrogen and oxygen atoms in total. The zero-order valence-corrected chi connectivity index (χ0v) is 10.5. The van der Waals surface area contributed by atoms with Gasteiger partial charge in [0.05, 0.1) is 6.04 Å². The Kier molecular flexibility index (Phi) is 2.69. The molecule has 1 unspecified atom stereocenters. The van der Waals surface area contributed by atoms with E-state index >= 15 is 0 Å². The normalized spacial score (nSPS) is 22.8. The number of likely N-dealkylation sites (N-methyl/N-ethyl adjacent to an activating group) is 1. The van der Waals surface area contributed by atoms with Crippen LogP contribution in [0, 0.1) is 0 Å². The predicted octanol–water partition coefficient (Wildman–Crippen LogP) is 2.24. The maximum absolute atomic E-state index is 11.2. The number of nitrogens with zero attached hydrogens (tertiary/aromatic N) is 1. The van der Waals surface area contributed by atoms with Gasteiger partial charge in [0.25, 0.3) is 0 Å². The molecule has 2 heteroatoms. The lowest BCUT2D eigenvalue weighted by atomic mass is 9.83. The Balaban J connectivity index is 2.11. The molecule has 0 aliphatic carbocycles. The second-order valence-electron chi connectivity index (χ2n) is 4.95. The third kappa shape index (κ3) is 1.74. The molecule has 1 fully saturated rings. The van der Waals surface area contributed by atoms with Gasteiger partial charge in [-0.05, 0) is 18.2 Å². The average molecular weight is 239 g/mol. The molecule has 1 aliphatic rings. The van der Waals surface area contributed by atoms with Crippen molar-refractivity contribution in [3.63, 3.8) is 0 Å². The molecule has 2 aromatic carbocycles. The number of benzene rings is 2. The van der Waals surface area contributed by atoms with Gasteiger partial charge in [0.1, 0.15) is 5.60 Å². The summed E-state index contributed by atoms with van der Waals surface area (Å²) in [6.07, 6.45) is 0. The Labute approximate surface area is 107 Å². The lowest BCUT2D eigenvalue weighted by Gasteiger charge is -2.29. The van der Waals surface area contributed by atoms with Gasteiger partial charge in [-0.1, -0.05) is 60.7 Å². The van der Waals surface area contributed by atoms with Gasteiger partial charge in [0.2, 0.25) is 0 Å². The van der Waals surface area contributed by atoms with Gasteiger partial charge in [-0.3, -0.25) is 4.90 Å². The largest absolute Gasteiger partial charge is 0.379 e. The molecule has 1 heterocycles. The second-order valence-corrected chi connectivity index (χ2v) is 4.95. The topological polar surface area (TPSA) is 23.2 Å². The highest BCUT2D eigenvalue weighted by molar-refractivity contribution is 5.40. The van der Waals surface area contributed by atoms with Gasteiger partial charge in [-0.15, -0.1) is 0 Å². The monoisotopic (exact) mass is 239 g/mol. The van der Waals surface area contributed by atoms with E-state index in [-0.39, 0.29) is 6.04 Å². The van der Waals surface area contributed by atoms with Gasteiger partial charge >= 0.3 is 0 Å². The zero-order chi connectivity index (χ0) is 12.6. The van der Waals surface area contributed by atoms with Crippen molar-refractivity contribution in [1.29, 1.82) is 0 Å². The third-order valence-corrected chi connectivity index (χ3v) is 3.77. The molecule has 1 aliphatic heterocycles. The Morgan fingerprint density at radius 1 is 0.944 bits per heavy atom. The summed E-state index contributed by atoms with van der Waals surface area (Å²) in [5, 5.41) is 11.2. The minimum atomic E-state index is -0.905. The van der Waals surface area contributed by atoms with Crippen LogP contribution in [-0.2, 0) is 5.60 Å². The van der Waals surface area contributed by atoms with Crippen molar-refractivity contribution in [1.82, 2.24) is 4.90 Å². The van der Waals surface area contributed by atoms with Crippen LogP contribution in [-0.4, -0.2) is 29.6 Å². The standard InChI is InChI=1S/C16H17NO/c1-17-12-15(17)16(18,13-8-4-2-5-9-13)14-10-6-3-7-11-14/h2-11,15,18H,12H2,1H3/t15-,17?/m1/s1. The van der Waals surface area contributed by atoms with E-state index in [4.69, 9.17) is 0 Å². The summed E-state index contributed by atoms with van der Waals surface area (Å²) < 4.78 is 0. The van der Waals surface area contributed by atoms with Crippen LogP contribution in [0.4, 0.5) is 0 Å². The molecular formula is C16H17NO. The Morgan fingerprint density at radius 2 is 1.33 bits per heavy atom. The Bertz CT molecular complexity index is 484. The van der Waals surface area contributed by atoms with Gasteiger partial charge < -0.3 is 5.11 Å². The smallest absolute Gasteiger partial charge is 0.131 e. The lowest BCUT2D eigenvalue weighted by Crippen LogP contribution is -2.35. The predicted molar refractivity (Wildman–Crippen MR) is 72.3 cm³/mol. The van der Waals surface area contributed by atoms with Crippen molar-refractivity contribution in [3.05, 3.63) is 71.8 Å². The van der Waals surface area contributed by atoms with E-state index in [1.54, 1.807) is 0 Å². The first-order chi connectivity index (χ1) is 8.73. The highest BCUT2D eigenvalue weighted by Gasteiger charge is 2.50. The van der Waals surface area contributed by atoms with Crippen LogP contribution in [0.5, 0.6) is 0 Å². The summed E-state index contributed by atoms with van der Waals surface area (Å²) in [6, 6.07) is 20.0. The van der Waals surface area contributed by atoms with Crippen LogP contribution >= 0.6 is 0 Å². The fourth-order valence-electron chi connectivity index (χ4n) is 2.61. The summed E-state index contributed by atoms with van der Waals surface area (Å²) >= 11 is 0. The molecule has 92 valence electrons. The Hall–Kier alpha value is -1.64. The van der Waals surface area contributed by atoms with E-state index < -0.39 is 5.60 Å². The molecule has 0 bridgehead atoms. The lowest BCUT2D eigenvalue weighted by molar-refractivity contribution is 0.0674. The van der Waals surface area contributed by atoms with Crippen LogP contribution in [0.2, 0.25) is 0 Å². The van der Waals surface area contributed by atoms with Gasteiger partial charge in [-0.25, -0.2) is 0 Å². The van der Waals surface area contributed by atoms with Crippen molar-refractivity contribution in [2.75, 3.05) is 13.6 Å². The highest BCUT2D eigenvalue weighted by Crippen LogP contribution is 2.40. The summed E-state index contributed by atoms with van der Waals surface area (Å²) in [6.45, 7) is 0.931. The molecule has 1 saturated heterocycles. The molecule has 0 saturated carbocycles. The fourth-order valence-corrected chi connectivity index (χ4v) is 2.61. The minimum Gasteiger partial charge on any atom is -0.379 e. The molecule has 1 N–H and O–H groups in total. The van der Waals surface area contributed by atoms with Crippen LogP contribution in [0.1, 0.15) is 11.1 Å². The summed E-state index contributed by atoms with van der Waals surface area (Å²) in [4.78, 5) is 2.17. The van der Waals surface area contributed by atoms with Gasteiger partial charge in [-0.2, -0.15) is 0 Å². The number of hydrogen-bond donors (Lipinski definition) is 1. The molecule has 0 radical (unpaired) electrons. The van der Waals surface area contributed by atoms with E-state index in [2.05, 4.69) is 4.90 Å². The van der Waals surface area contributed by atoms with Crippen LogP contribution in [0.3, 0.4) is 0 Å². The summed E-state index contributed by atoms with van der Waals surface area (Å²) in [5.74, 6) is 0. The fraction of sp³-hybridized carbons (Fsp3) is 0.250. The van der Waals surface area contributed by atoms with Crippen LogP contribution < -0.4 is 0 Å². The first-order valence-electron chi connectivity index (χ1n) is 6.26. The number of aliphatic hydroxyl groups is 1. The minimum absolute atomic E-state index is 0.169. The molecule has 3 rings (SSSR count). The number of rotatable bonds is 3. The van der Waals surface area contributed by atoms with Crippen molar-refractivity contribution in [2.24, 2.45) is 0 Å². The van der Waals surface area contributed by atoms with E-state index in [9.17, 15) is 5.11 Å².